The summed E-state index contributed by atoms with van der Waals surface area (Å²) in [5, 5.41) is 2.38. The molecule has 0 fully saturated rings. The van der Waals surface area contributed by atoms with Gasteiger partial charge in [-0.2, -0.15) is 22.0 Å². The zero-order valence-electron chi connectivity index (χ0n) is 7.55. The van der Waals surface area contributed by atoms with Crippen LogP contribution in [0.2, 0.25) is 0 Å². The first-order chi connectivity index (χ1) is 7.04. The van der Waals surface area contributed by atoms with Crippen LogP contribution in [0.1, 0.15) is 0 Å². The number of carbonyl (C=O) groups is 1. The van der Waals surface area contributed by atoms with Crippen LogP contribution in [0.15, 0.2) is 0 Å². The molecule has 0 aliphatic heterocycles. The zero-order chi connectivity index (χ0) is 13.0. The van der Waals surface area contributed by atoms with Gasteiger partial charge in [-0.25, -0.2) is 13.6 Å². The van der Waals surface area contributed by atoms with Crippen molar-refractivity contribution < 1.29 is 35.5 Å². The Morgan fingerprint density at radius 3 is 1.81 bits per heavy atom. The van der Waals surface area contributed by atoms with Gasteiger partial charge in [0.25, 0.3) is 0 Å². The Kier molecular flexibility index (Phi) is 4.81. The summed E-state index contributed by atoms with van der Waals surface area (Å²) in [5.74, 6) is -4.48. The van der Waals surface area contributed by atoms with E-state index in [2.05, 4.69) is 0 Å². The van der Waals surface area contributed by atoms with E-state index in [9.17, 15) is 35.5 Å². The molecule has 0 aliphatic carbocycles. The van der Waals surface area contributed by atoms with Crippen molar-refractivity contribution in [1.82, 2.24) is 10.6 Å². The number of alkyl halides is 7. The van der Waals surface area contributed by atoms with Gasteiger partial charge < -0.3 is 10.6 Å². The van der Waals surface area contributed by atoms with Gasteiger partial charge in [-0.3, -0.25) is 0 Å². The minimum Gasteiger partial charge on any atom is -0.332 e. The van der Waals surface area contributed by atoms with E-state index < -0.39 is 37.6 Å². The number of hydrogen-bond acceptors (Lipinski definition) is 1. The van der Waals surface area contributed by atoms with Gasteiger partial charge in [0.1, 0.15) is 6.54 Å². The molecule has 0 aliphatic rings. The molecule has 96 valence electrons. The van der Waals surface area contributed by atoms with Crippen molar-refractivity contribution in [2.24, 2.45) is 0 Å². The molecule has 0 heterocycles. The Labute approximate surface area is 85.0 Å². The minimum absolute atomic E-state index is 1.18. The third-order valence-corrected chi connectivity index (χ3v) is 1.25. The summed E-state index contributed by atoms with van der Waals surface area (Å²) in [6.45, 7) is -3.48. The maximum Gasteiger partial charge on any atom is 0.405 e. The lowest BCUT2D eigenvalue weighted by atomic mass is 10.3. The maximum absolute atomic E-state index is 12.2. The summed E-state index contributed by atoms with van der Waals surface area (Å²) in [7, 11) is 0. The van der Waals surface area contributed by atoms with Crippen molar-refractivity contribution in [1.29, 1.82) is 0 Å². The van der Waals surface area contributed by atoms with Crippen LogP contribution in [-0.4, -0.2) is 37.6 Å². The van der Waals surface area contributed by atoms with Gasteiger partial charge >= 0.3 is 24.6 Å². The number of carbonyl (C=O) groups excluding carboxylic acids is 1. The Hall–Kier alpha value is -1.22. The van der Waals surface area contributed by atoms with E-state index in [0.717, 1.165) is 0 Å². The number of hydrogen-bond donors (Lipinski definition) is 2. The molecule has 0 aromatic heterocycles. The summed E-state index contributed by atoms with van der Waals surface area (Å²) in [4.78, 5) is 10.5. The van der Waals surface area contributed by atoms with Crippen LogP contribution in [0.3, 0.4) is 0 Å². The van der Waals surface area contributed by atoms with E-state index in [1.54, 1.807) is 0 Å². The quantitative estimate of drug-likeness (QED) is 0.739. The van der Waals surface area contributed by atoms with Gasteiger partial charge in [-0.05, 0) is 0 Å². The number of amides is 2. The molecule has 0 aromatic carbocycles. The number of halogens is 7. The molecule has 0 atom stereocenters. The summed E-state index contributed by atoms with van der Waals surface area (Å²) < 4.78 is 81.9. The average Bonchev–Trinajstić information content (AvgIpc) is 2.10. The molecule has 10 heteroatoms. The Morgan fingerprint density at radius 2 is 1.44 bits per heavy atom. The highest BCUT2D eigenvalue weighted by Gasteiger charge is 2.41. The largest absolute Gasteiger partial charge is 0.405 e. The van der Waals surface area contributed by atoms with Crippen LogP contribution in [-0.2, 0) is 0 Å². The molecule has 0 saturated carbocycles. The Morgan fingerprint density at radius 1 is 1.00 bits per heavy atom. The molecule has 0 unspecified atom stereocenters. The van der Waals surface area contributed by atoms with Crippen LogP contribution in [0.4, 0.5) is 35.5 Å². The monoisotopic (exact) mass is 256 g/mol. The molecule has 0 spiro atoms. The predicted molar refractivity (Wildman–Crippen MR) is 38.4 cm³/mol. The highest BCUT2D eigenvalue weighted by Crippen LogP contribution is 2.21. The van der Waals surface area contributed by atoms with E-state index >= 15 is 0 Å². The molecule has 0 bridgehead atoms. The third kappa shape index (κ3) is 6.30. The van der Waals surface area contributed by atoms with Crippen molar-refractivity contribution >= 4 is 6.03 Å². The first-order valence-electron chi connectivity index (χ1n) is 3.79. The van der Waals surface area contributed by atoms with Crippen LogP contribution in [0.5, 0.6) is 0 Å². The SMILES string of the molecule is O=C(NCC(F)(F)F)NCC(F)(F)C(F)F. The van der Waals surface area contributed by atoms with Crippen LogP contribution in [0.25, 0.3) is 0 Å². The lowest BCUT2D eigenvalue weighted by molar-refractivity contribution is -0.125. The van der Waals surface area contributed by atoms with E-state index in [1.807, 2.05) is 0 Å². The molecule has 0 aromatic rings. The normalized spacial score (nSPS) is 12.8. The van der Waals surface area contributed by atoms with Gasteiger partial charge in [0.2, 0.25) is 0 Å². The fourth-order valence-electron chi connectivity index (χ4n) is 0.518. The van der Waals surface area contributed by atoms with Crippen LogP contribution >= 0.6 is 0 Å². The molecule has 2 amide bonds. The minimum atomic E-state index is -4.71. The Bertz CT molecular complexity index is 240. The molecule has 3 nitrogen and oxygen atoms in total. The van der Waals surface area contributed by atoms with E-state index in [1.165, 1.54) is 10.6 Å². The molecule has 0 rings (SSSR count). The Balaban J connectivity index is 3.91. The van der Waals surface area contributed by atoms with Gasteiger partial charge in [0.15, 0.2) is 0 Å². The molecule has 0 radical (unpaired) electrons. The summed E-state index contributed by atoms with van der Waals surface area (Å²) in [6, 6.07) is -1.60. The third-order valence-electron chi connectivity index (χ3n) is 1.25. The lowest BCUT2D eigenvalue weighted by Crippen LogP contribution is -2.47. The number of urea groups is 1. The van der Waals surface area contributed by atoms with Gasteiger partial charge in [-0.1, -0.05) is 0 Å². The van der Waals surface area contributed by atoms with Gasteiger partial charge in [0.05, 0.1) is 6.54 Å². The first-order valence-corrected chi connectivity index (χ1v) is 3.79. The highest BCUT2D eigenvalue weighted by atomic mass is 19.4. The van der Waals surface area contributed by atoms with Crippen molar-refractivity contribution in [3.05, 3.63) is 0 Å². The summed E-state index contributed by atoms with van der Waals surface area (Å²) in [6.07, 6.45) is -8.71. The zero-order valence-corrected chi connectivity index (χ0v) is 7.55. The molecular weight excluding hydrogens is 249 g/mol. The van der Waals surface area contributed by atoms with Crippen molar-refractivity contribution in [2.75, 3.05) is 13.1 Å². The topological polar surface area (TPSA) is 41.1 Å². The molecule has 2 N–H and O–H groups in total. The molecule has 16 heavy (non-hydrogen) atoms. The summed E-state index contributed by atoms with van der Waals surface area (Å²) >= 11 is 0. The lowest BCUT2D eigenvalue weighted by Gasteiger charge is -2.16. The fraction of sp³-hybridized carbons (Fsp3) is 0.833. The smallest absolute Gasteiger partial charge is 0.332 e. The van der Waals surface area contributed by atoms with Gasteiger partial charge in [-0.15, -0.1) is 0 Å². The van der Waals surface area contributed by atoms with Crippen molar-refractivity contribution in [2.45, 2.75) is 18.5 Å². The van der Waals surface area contributed by atoms with E-state index in [-0.39, 0.29) is 0 Å². The standard InChI is InChI=1S/C6H7F7N2O/c7-3(8)5(9,10)1-14-4(16)15-2-6(11,12)13/h3H,1-2H2,(H2,14,15,16). The van der Waals surface area contributed by atoms with Crippen LogP contribution < -0.4 is 10.6 Å². The number of rotatable bonds is 4. The second-order valence-corrected chi connectivity index (χ2v) is 2.71. The van der Waals surface area contributed by atoms with Gasteiger partial charge in [0, 0.05) is 0 Å². The van der Waals surface area contributed by atoms with Crippen molar-refractivity contribution in [3.8, 4) is 0 Å². The highest BCUT2D eigenvalue weighted by molar-refractivity contribution is 5.73. The average molecular weight is 256 g/mol. The second-order valence-electron chi connectivity index (χ2n) is 2.71. The second kappa shape index (κ2) is 5.21. The predicted octanol–water partition coefficient (Wildman–Crippen LogP) is 1.75. The summed E-state index contributed by atoms with van der Waals surface area (Å²) in [5.41, 5.74) is 0. The van der Waals surface area contributed by atoms with Crippen LogP contribution in [0, 0.1) is 0 Å². The number of nitrogens with one attached hydrogen (secondary N) is 2. The fourth-order valence-corrected chi connectivity index (χ4v) is 0.518. The maximum atomic E-state index is 12.2. The molecular formula is C6H7F7N2O. The van der Waals surface area contributed by atoms with E-state index in [4.69, 9.17) is 0 Å². The van der Waals surface area contributed by atoms with E-state index in [0.29, 0.717) is 0 Å². The first kappa shape index (κ1) is 14.8. The molecule has 0 saturated heterocycles. The van der Waals surface area contributed by atoms with Crippen molar-refractivity contribution in [3.63, 3.8) is 0 Å².